The molecule has 0 unspecified atom stereocenters. The maximum absolute atomic E-state index is 10.5. The van der Waals surface area contributed by atoms with Crippen LogP contribution in [0.1, 0.15) is 12.8 Å². The van der Waals surface area contributed by atoms with Crippen molar-refractivity contribution in [1.29, 1.82) is 0 Å². The molecule has 2 atom stereocenters. The molecule has 1 aliphatic rings. The number of carbonyl (C=O) groups excluding carboxylic acids is 1. The summed E-state index contributed by atoms with van der Waals surface area (Å²) in [5.74, 6) is -1.40. The molecule has 1 amide bonds. The van der Waals surface area contributed by atoms with Gasteiger partial charge in [-0.25, -0.2) is 0 Å². The van der Waals surface area contributed by atoms with Crippen molar-refractivity contribution in [2.75, 3.05) is 0 Å². The summed E-state index contributed by atoms with van der Waals surface area (Å²) in [5, 5.41) is 11.1. The fraction of sp³-hybridized carbons (Fsp3) is 0.667. The Kier molecular flexibility index (Phi) is 2.09. The summed E-state index contributed by atoms with van der Waals surface area (Å²) in [7, 11) is 0. The second-order valence-corrected chi connectivity index (χ2v) is 2.59. The van der Waals surface area contributed by atoms with Crippen molar-refractivity contribution in [3.05, 3.63) is 0 Å². The first-order valence-corrected chi connectivity index (χ1v) is 3.39. The number of amides is 1. The number of nitrogens with two attached hydrogens (primary N) is 1. The summed E-state index contributed by atoms with van der Waals surface area (Å²) in [6, 6.07) is -1.07. The zero-order valence-electron chi connectivity index (χ0n) is 5.91. The molecule has 0 spiro atoms. The summed E-state index contributed by atoms with van der Waals surface area (Å²) in [6.45, 7) is 0. The van der Waals surface area contributed by atoms with Crippen LogP contribution in [0.2, 0.25) is 0 Å². The highest BCUT2D eigenvalue weighted by Gasteiger charge is 2.31. The SMILES string of the molecule is NC(=O)[C@H]1CC[C@H](C(=O)O)N1. The summed E-state index contributed by atoms with van der Waals surface area (Å²) in [4.78, 5) is 20.9. The van der Waals surface area contributed by atoms with E-state index in [0.29, 0.717) is 12.8 Å². The zero-order valence-corrected chi connectivity index (χ0v) is 5.91. The molecule has 0 bridgehead atoms. The second-order valence-electron chi connectivity index (χ2n) is 2.59. The van der Waals surface area contributed by atoms with Gasteiger partial charge in [-0.3, -0.25) is 14.9 Å². The number of hydrogen-bond acceptors (Lipinski definition) is 3. The zero-order chi connectivity index (χ0) is 8.43. The molecule has 1 heterocycles. The number of carboxylic acid groups (broad SMARTS) is 1. The first-order valence-electron chi connectivity index (χ1n) is 3.39. The number of carboxylic acids is 1. The molecule has 1 aliphatic heterocycles. The third kappa shape index (κ3) is 1.68. The Labute approximate surface area is 63.6 Å². The number of aliphatic carboxylic acids is 1. The molecule has 5 nitrogen and oxygen atoms in total. The molecule has 0 aromatic rings. The number of nitrogens with one attached hydrogen (secondary N) is 1. The van der Waals surface area contributed by atoms with Gasteiger partial charge in [0.2, 0.25) is 5.91 Å². The van der Waals surface area contributed by atoms with Gasteiger partial charge in [0.15, 0.2) is 0 Å². The number of primary amides is 1. The minimum absolute atomic E-state index is 0.462. The van der Waals surface area contributed by atoms with Crippen LogP contribution in [0.4, 0.5) is 0 Å². The van der Waals surface area contributed by atoms with Gasteiger partial charge in [-0.1, -0.05) is 0 Å². The lowest BCUT2D eigenvalue weighted by Crippen LogP contribution is -2.42. The Bertz CT molecular complexity index is 172. The molecule has 62 valence electrons. The van der Waals surface area contributed by atoms with Gasteiger partial charge in [0.1, 0.15) is 6.04 Å². The quantitative estimate of drug-likeness (QED) is 0.464. The van der Waals surface area contributed by atoms with E-state index in [1.165, 1.54) is 0 Å². The van der Waals surface area contributed by atoms with Gasteiger partial charge < -0.3 is 10.8 Å². The molecule has 1 saturated heterocycles. The van der Waals surface area contributed by atoms with Crippen molar-refractivity contribution in [2.45, 2.75) is 24.9 Å². The summed E-state index contributed by atoms with van der Waals surface area (Å²) in [5.41, 5.74) is 4.97. The van der Waals surface area contributed by atoms with Crippen LogP contribution in [0.3, 0.4) is 0 Å². The number of rotatable bonds is 2. The summed E-state index contributed by atoms with van der Waals surface area (Å²) < 4.78 is 0. The average Bonchev–Trinajstić information content (AvgIpc) is 2.33. The van der Waals surface area contributed by atoms with Crippen LogP contribution in [0.5, 0.6) is 0 Å². The van der Waals surface area contributed by atoms with Crippen LogP contribution in [0.25, 0.3) is 0 Å². The predicted octanol–water partition coefficient (Wildman–Crippen LogP) is -1.32. The molecule has 1 fully saturated rings. The van der Waals surface area contributed by atoms with Crippen molar-refractivity contribution in [1.82, 2.24) is 5.32 Å². The molecule has 0 aromatic heterocycles. The maximum Gasteiger partial charge on any atom is 0.320 e. The van der Waals surface area contributed by atoms with Gasteiger partial charge in [-0.15, -0.1) is 0 Å². The highest BCUT2D eigenvalue weighted by atomic mass is 16.4. The molecule has 4 N–H and O–H groups in total. The van der Waals surface area contributed by atoms with Crippen LogP contribution < -0.4 is 11.1 Å². The van der Waals surface area contributed by atoms with E-state index in [4.69, 9.17) is 10.8 Å². The lowest BCUT2D eigenvalue weighted by Gasteiger charge is -2.06. The minimum atomic E-state index is -0.922. The molecule has 0 radical (unpaired) electrons. The monoisotopic (exact) mass is 158 g/mol. The fourth-order valence-electron chi connectivity index (χ4n) is 1.16. The highest BCUT2D eigenvalue weighted by Crippen LogP contribution is 2.11. The standard InChI is InChI=1S/C6H10N2O3/c7-5(9)3-1-2-4(8-3)6(10)11/h3-4,8H,1-2H2,(H2,7,9)(H,10,11)/t3-,4-/m1/s1. The van der Waals surface area contributed by atoms with Crippen LogP contribution in [-0.2, 0) is 9.59 Å². The van der Waals surface area contributed by atoms with Crippen molar-refractivity contribution in [3.8, 4) is 0 Å². The summed E-state index contributed by atoms with van der Waals surface area (Å²) >= 11 is 0. The van der Waals surface area contributed by atoms with E-state index < -0.39 is 24.0 Å². The first kappa shape index (κ1) is 8.00. The molecule has 1 rings (SSSR count). The van der Waals surface area contributed by atoms with Crippen LogP contribution in [-0.4, -0.2) is 29.1 Å². The van der Waals surface area contributed by atoms with Gasteiger partial charge >= 0.3 is 5.97 Å². The van der Waals surface area contributed by atoms with Gasteiger partial charge in [-0.05, 0) is 12.8 Å². The third-order valence-corrected chi connectivity index (χ3v) is 1.79. The van der Waals surface area contributed by atoms with Crippen molar-refractivity contribution < 1.29 is 14.7 Å². The molecular weight excluding hydrogens is 148 g/mol. The summed E-state index contributed by atoms with van der Waals surface area (Å²) in [6.07, 6.45) is 0.995. The molecule has 0 aliphatic carbocycles. The van der Waals surface area contributed by atoms with E-state index in [9.17, 15) is 9.59 Å². The normalized spacial score (nSPS) is 30.2. The van der Waals surface area contributed by atoms with Crippen molar-refractivity contribution in [3.63, 3.8) is 0 Å². The average molecular weight is 158 g/mol. The van der Waals surface area contributed by atoms with E-state index >= 15 is 0 Å². The van der Waals surface area contributed by atoms with Gasteiger partial charge in [0.05, 0.1) is 6.04 Å². The molecule has 0 aromatic carbocycles. The number of carbonyl (C=O) groups is 2. The van der Waals surface area contributed by atoms with E-state index in [1.807, 2.05) is 0 Å². The Hall–Kier alpha value is -1.10. The topological polar surface area (TPSA) is 92.4 Å². The van der Waals surface area contributed by atoms with E-state index in [0.717, 1.165) is 0 Å². The van der Waals surface area contributed by atoms with Gasteiger partial charge in [0, 0.05) is 0 Å². The third-order valence-electron chi connectivity index (χ3n) is 1.79. The molecular formula is C6H10N2O3. The number of hydrogen-bond donors (Lipinski definition) is 3. The minimum Gasteiger partial charge on any atom is -0.480 e. The van der Waals surface area contributed by atoms with E-state index in [1.54, 1.807) is 0 Å². The van der Waals surface area contributed by atoms with Gasteiger partial charge in [-0.2, -0.15) is 0 Å². The Morgan fingerprint density at radius 1 is 1.36 bits per heavy atom. The van der Waals surface area contributed by atoms with E-state index in [2.05, 4.69) is 5.32 Å². The van der Waals surface area contributed by atoms with Gasteiger partial charge in [0.25, 0.3) is 0 Å². The Balaban J connectivity index is 2.47. The van der Waals surface area contributed by atoms with Crippen molar-refractivity contribution >= 4 is 11.9 Å². The largest absolute Gasteiger partial charge is 0.480 e. The van der Waals surface area contributed by atoms with Crippen LogP contribution >= 0.6 is 0 Å². The van der Waals surface area contributed by atoms with E-state index in [-0.39, 0.29) is 0 Å². The Morgan fingerprint density at radius 3 is 2.18 bits per heavy atom. The molecule has 11 heavy (non-hydrogen) atoms. The lowest BCUT2D eigenvalue weighted by atomic mass is 10.2. The maximum atomic E-state index is 10.5. The molecule has 5 heteroatoms. The smallest absolute Gasteiger partial charge is 0.320 e. The molecule has 0 saturated carbocycles. The first-order chi connectivity index (χ1) is 5.11. The predicted molar refractivity (Wildman–Crippen MR) is 36.8 cm³/mol. The Morgan fingerprint density at radius 2 is 1.91 bits per heavy atom. The lowest BCUT2D eigenvalue weighted by molar-refractivity contribution is -0.139. The second kappa shape index (κ2) is 2.87. The highest BCUT2D eigenvalue weighted by molar-refractivity contribution is 5.82. The fourth-order valence-corrected chi connectivity index (χ4v) is 1.16. The van der Waals surface area contributed by atoms with Crippen molar-refractivity contribution in [2.24, 2.45) is 5.73 Å². The van der Waals surface area contributed by atoms with Crippen LogP contribution in [0.15, 0.2) is 0 Å². The van der Waals surface area contributed by atoms with Crippen LogP contribution in [0, 0.1) is 0 Å².